The van der Waals surface area contributed by atoms with Crippen LogP contribution in [0.3, 0.4) is 0 Å². The molecular weight excluding hydrogens is 259 g/mol. The van der Waals surface area contributed by atoms with Gasteiger partial charge in [0.1, 0.15) is 11.8 Å². The molecule has 1 aliphatic rings. The second kappa shape index (κ2) is 5.58. The van der Waals surface area contributed by atoms with Crippen LogP contribution in [-0.2, 0) is 15.5 Å². The van der Waals surface area contributed by atoms with Crippen LogP contribution in [0, 0.1) is 11.7 Å². The minimum absolute atomic E-state index is 0.0815. The largest absolute Gasteiger partial charge is 0.478 e. The number of carboxylic acids is 1. The summed E-state index contributed by atoms with van der Waals surface area (Å²) in [5, 5.41) is 8.79. The third-order valence-corrected chi connectivity index (χ3v) is 3.85. The van der Waals surface area contributed by atoms with Crippen LogP contribution in [0.1, 0.15) is 23.2 Å². The zero-order valence-electron chi connectivity index (χ0n) is 9.60. The topological polar surface area (TPSA) is 63.6 Å². The van der Waals surface area contributed by atoms with Gasteiger partial charge in [-0.25, -0.2) is 9.18 Å². The molecule has 1 N–H and O–H groups in total. The molecule has 0 amide bonds. The fourth-order valence-electron chi connectivity index (χ4n) is 1.45. The average Bonchev–Trinajstić information content (AvgIpc) is 3.13. The molecule has 0 aromatic heterocycles. The molecule has 1 aliphatic carbocycles. The summed E-state index contributed by atoms with van der Waals surface area (Å²) in [5.41, 5.74) is -0.0815. The average molecular weight is 272 g/mol. The second-order valence-corrected chi connectivity index (χ2v) is 5.59. The van der Waals surface area contributed by atoms with Crippen molar-refractivity contribution in [1.29, 1.82) is 0 Å². The maximum atomic E-state index is 13.4. The Hall–Kier alpha value is -1.27. The first-order chi connectivity index (χ1) is 8.58. The maximum absolute atomic E-state index is 13.4. The maximum Gasteiger partial charge on any atom is 0.335 e. The SMILES string of the molecule is O=C(O)c1ccc(F)c(S(=O)COCC2CC2)c1. The highest BCUT2D eigenvalue weighted by molar-refractivity contribution is 7.84. The van der Waals surface area contributed by atoms with Crippen LogP contribution >= 0.6 is 0 Å². The molecule has 2 rings (SSSR count). The molecule has 1 fully saturated rings. The summed E-state index contributed by atoms with van der Waals surface area (Å²) in [7, 11) is -1.67. The van der Waals surface area contributed by atoms with E-state index < -0.39 is 22.6 Å². The number of carbonyl (C=O) groups is 1. The summed E-state index contributed by atoms with van der Waals surface area (Å²) < 4.78 is 30.5. The lowest BCUT2D eigenvalue weighted by atomic mass is 10.2. The first kappa shape index (κ1) is 13.2. The molecule has 0 radical (unpaired) electrons. The lowest BCUT2D eigenvalue weighted by Crippen LogP contribution is -2.08. The van der Waals surface area contributed by atoms with Gasteiger partial charge in [0, 0.05) is 0 Å². The van der Waals surface area contributed by atoms with Crippen molar-refractivity contribution in [2.24, 2.45) is 5.92 Å². The molecule has 0 spiro atoms. The Kier molecular flexibility index (Phi) is 4.08. The van der Waals surface area contributed by atoms with Crippen molar-refractivity contribution in [1.82, 2.24) is 0 Å². The molecule has 0 heterocycles. The summed E-state index contributed by atoms with van der Waals surface area (Å²) in [6.45, 7) is 0.534. The second-order valence-electron chi connectivity index (χ2n) is 4.23. The molecule has 0 saturated heterocycles. The van der Waals surface area contributed by atoms with Crippen molar-refractivity contribution in [3.05, 3.63) is 29.6 Å². The quantitative estimate of drug-likeness (QED) is 0.860. The van der Waals surface area contributed by atoms with Gasteiger partial charge >= 0.3 is 5.97 Å². The molecule has 4 nitrogen and oxygen atoms in total. The number of benzene rings is 1. The molecule has 18 heavy (non-hydrogen) atoms. The van der Waals surface area contributed by atoms with E-state index in [2.05, 4.69) is 0 Å². The smallest absolute Gasteiger partial charge is 0.335 e. The van der Waals surface area contributed by atoms with Gasteiger partial charge in [0.15, 0.2) is 0 Å². The summed E-state index contributed by atoms with van der Waals surface area (Å²) >= 11 is 0. The molecule has 1 unspecified atom stereocenters. The van der Waals surface area contributed by atoms with Crippen LogP contribution in [0.2, 0.25) is 0 Å². The van der Waals surface area contributed by atoms with Crippen molar-refractivity contribution in [3.8, 4) is 0 Å². The Morgan fingerprint density at radius 3 is 2.83 bits per heavy atom. The summed E-state index contributed by atoms with van der Waals surface area (Å²) in [6.07, 6.45) is 2.24. The predicted molar refractivity (Wildman–Crippen MR) is 63.3 cm³/mol. The van der Waals surface area contributed by atoms with Crippen LogP contribution in [0.15, 0.2) is 23.1 Å². The zero-order chi connectivity index (χ0) is 13.1. The van der Waals surface area contributed by atoms with Gasteiger partial charge in [0.05, 0.1) is 27.9 Å². The highest BCUT2D eigenvalue weighted by atomic mass is 32.2. The lowest BCUT2D eigenvalue weighted by molar-refractivity contribution is 0.0696. The van der Waals surface area contributed by atoms with E-state index in [4.69, 9.17) is 9.84 Å². The lowest BCUT2D eigenvalue weighted by Gasteiger charge is -2.06. The third kappa shape index (κ3) is 3.36. The van der Waals surface area contributed by atoms with E-state index in [0.717, 1.165) is 31.0 Å². The Morgan fingerprint density at radius 1 is 1.50 bits per heavy atom. The summed E-state index contributed by atoms with van der Waals surface area (Å²) in [5.74, 6) is -1.41. The van der Waals surface area contributed by atoms with Gasteiger partial charge in [0.25, 0.3) is 0 Å². The van der Waals surface area contributed by atoms with Gasteiger partial charge in [-0.1, -0.05) is 0 Å². The fourth-order valence-corrected chi connectivity index (χ4v) is 2.37. The van der Waals surface area contributed by atoms with Crippen molar-refractivity contribution in [2.45, 2.75) is 17.7 Å². The molecule has 1 saturated carbocycles. The van der Waals surface area contributed by atoms with E-state index in [-0.39, 0.29) is 16.4 Å². The Balaban J connectivity index is 2.02. The standard InChI is InChI=1S/C12H13FO4S/c13-10-4-3-9(12(14)15)5-11(10)18(16)7-17-6-8-1-2-8/h3-5,8H,1-2,6-7H2,(H,14,15). The van der Waals surface area contributed by atoms with E-state index in [9.17, 15) is 13.4 Å². The highest BCUT2D eigenvalue weighted by Gasteiger charge is 2.22. The zero-order valence-corrected chi connectivity index (χ0v) is 10.4. The van der Waals surface area contributed by atoms with Crippen molar-refractivity contribution < 1.29 is 23.2 Å². The van der Waals surface area contributed by atoms with E-state index in [1.165, 1.54) is 0 Å². The Labute approximate surface area is 106 Å². The van der Waals surface area contributed by atoms with E-state index >= 15 is 0 Å². The number of hydrogen-bond acceptors (Lipinski definition) is 3. The van der Waals surface area contributed by atoms with Gasteiger partial charge in [-0.2, -0.15) is 0 Å². The molecular formula is C12H13FO4S. The van der Waals surface area contributed by atoms with Gasteiger partial charge in [-0.05, 0) is 37.0 Å². The molecule has 1 atom stereocenters. The van der Waals surface area contributed by atoms with Gasteiger partial charge in [-0.3, -0.25) is 4.21 Å². The van der Waals surface area contributed by atoms with Crippen molar-refractivity contribution >= 4 is 16.8 Å². The summed E-state index contributed by atoms with van der Waals surface area (Å²) in [4.78, 5) is 10.6. The van der Waals surface area contributed by atoms with Crippen LogP contribution < -0.4 is 0 Å². The van der Waals surface area contributed by atoms with Crippen LogP contribution in [0.4, 0.5) is 4.39 Å². The monoisotopic (exact) mass is 272 g/mol. The Bertz CT molecular complexity index is 485. The molecule has 0 aliphatic heterocycles. The molecule has 1 aromatic carbocycles. The fraction of sp³-hybridized carbons (Fsp3) is 0.417. The van der Waals surface area contributed by atoms with Crippen LogP contribution in [0.25, 0.3) is 0 Å². The molecule has 98 valence electrons. The highest BCUT2D eigenvalue weighted by Crippen LogP contribution is 2.29. The number of hydrogen-bond donors (Lipinski definition) is 1. The first-order valence-electron chi connectivity index (χ1n) is 5.57. The molecule has 1 aromatic rings. The van der Waals surface area contributed by atoms with E-state index in [1.54, 1.807) is 0 Å². The molecule has 0 bridgehead atoms. The van der Waals surface area contributed by atoms with Crippen LogP contribution in [0.5, 0.6) is 0 Å². The van der Waals surface area contributed by atoms with Gasteiger partial charge in [0.2, 0.25) is 0 Å². The third-order valence-electron chi connectivity index (χ3n) is 2.66. The number of halogens is 1. The van der Waals surface area contributed by atoms with Crippen molar-refractivity contribution in [2.75, 3.05) is 12.5 Å². The number of rotatable bonds is 6. The minimum atomic E-state index is -1.67. The number of aromatic carboxylic acids is 1. The van der Waals surface area contributed by atoms with Gasteiger partial charge in [-0.15, -0.1) is 0 Å². The Morgan fingerprint density at radius 2 is 2.22 bits per heavy atom. The van der Waals surface area contributed by atoms with Gasteiger partial charge < -0.3 is 9.84 Å². The summed E-state index contributed by atoms with van der Waals surface area (Å²) in [6, 6.07) is 3.25. The predicted octanol–water partition coefficient (Wildman–Crippen LogP) is 2.02. The normalized spacial score (nSPS) is 16.5. The minimum Gasteiger partial charge on any atom is -0.478 e. The van der Waals surface area contributed by atoms with Crippen molar-refractivity contribution in [3.63, 3.8) is 0 Å². The van der Waals surface area contributed by atoms with E-state index in [1.807, 2.05) is 0 Å². The number of carboxylic acid groups (broad SMARTS) is 1. The molecule has 6 heteroatoms. The van der Waals surface area contributed by atoms with Crippen LogP contribution in [-0.4, -0.2) is 27.8 Å². The van der Waals surface area contributed by atoms with E-state index in [0.29, 0.717) is 12.5 Å². The first-order valence-corrected chi connectivity index (χ1v) is 6.89. The number of ether oxygens (including phenoxy) is 1.